The maximum absolute atomic E-state index is 11.1. The van der Waals surface area contributed by atoms with Crippen molar-refractivity contribution in [3.63, 3.8) is 0 Å². The van der Waals surface area contributed by atoms with Gasteiger partial charge in [-0.2, -0.15) is 0 Å². The summed E-state index contributed by atoms with van der Waals surface area (Å²) in [6.45, 7) is 0.596. The van der Waals surface area contributed by atoms with Crippen LogP contribution in [-0.2, 0) is 6.54 Å². The number of ether oxygens (including phenoxy) is 1. The molecule has 0 spiro atoms. The lowest BCUT2D eigenvalue weighted by atomic mass is 10.1. The quantitative estimate of drug-likeness (QED) is 0.661. The van der Waals surface area contributed by atoms with E-state index in [9.17, 15) is 4.79 Å². The molecule has 0 unspecified atom stereocenters. The highest BCUT2D eigenvalue weighted by molar-refractivity contribution is 5.98. The van der Waals surface area contributed by atoms with Gasteiger partial charge in [-0.15, -0.1) is 0 Å². The summed E-state index contributed by atoms with van der Waals surface area (Å²) < 4.78 is 4.98. The van der Waals surface area contributed by atoms with Crippen molar-refractivity contribution in [2.75, 3.05) is 7.11 Å². The molecule has 3 heteroatoms. The van der Waals surface area contributed by atoms with Crippen LogP contribution in [0.3, 0.4) is 0 Å². The Bertz CT molecular complexity index is 333. The molecule has 1 aliphatic heterocycles. The van der Waals surface area contributed by atoms with Gasteiger partial charge in [0.25, 0.3) is 5.91 Å². The predicted molar refractivity (Wildman–Crippen MR) is 43.0 cm³/mol. The van der Waals surface area contributed by atoms with Gasteiger partial charge in [-0.05, 0) is 17.7 Å². The van der Waals surface area contributed by atoms with Crippen LogP contribution in [0.5, 0.6) is 5.75 Å². The largest absolute Gasteiger partial charge is 0.496 e. The third kappa shape index (κ3) is 0.942. The second kappa shape index (κ2) is 2.52. The molecule has 2 rings (SSSR count). The first-order valence-corrected chi connectivity index (χ1v) is 3.68. The van der Waals surface area contributed by atoms with Gasteiger partial charge in [-0.3, -0.25) is 4.79 Å². The number of hydrogen-bond donors (Lipinski definition) is 1. The smallest absolute Gasteiger partial charge is 0.251 e. The van der Waals surface area contributed by atoms with Crippen LogP contribution in [0.25, 0.3) is 0 Å². The van der Waals surface area contributed by atoms with Crippen molar-refractivity contribution >= 4 is 5.91 Å². The van der Waals surface area contributed by atoms with E-state index in [1.54, 1.807) is 13.2 Å². The third-order valence-corrected chi connectivity index (χ3v) is 1.91. The Hall–Kier alpha value is -1.51. The van der Waals surface area contributed by atoms with Crippen molar-refractivity contribution in [3.05, 3.63) is 29.3 Å². The zero-order valence-corrected chi connectivity index (χ0v) is 6.68. The molecule has 0 atom stereocenters. The summed E-state index contributed by atoms with van der Waals surface area (Å²) in [7, 11) is 1.59. The lowest BCUT2D eigenvalue weighted by Gasteiger charge is -1.99. The number of carbonyl (C=O) groups excluding carboxylic acids is 1. The van der Waals surface area contributed by atoms with Crippen LogP contribution < -0.4 is 10.1 Å². The Balaban J connectivity index is 2.48. The molecule has 1 radical (unpaired) electrons. The van der Waals surface area contributed by atoms with Crippen molar-refractivity contribution in [3.8, 4) is 5.75 Å². The topological polar surface area (TPSA) is 38.3 Å². The number of hydrogen-bond acceptors (Lipinski definition) is 2. The Morgan fingerprint density at radius 2 is 2.50 bits per heavy atom. The molecule has 1 aliphatic rings. The minimum absolute atomic E-state index is 0.0242. The molecule has 61 valence electrons. The summed E-state index contributed by atoms with van der Waals surface area (Å²) >= 11 is 0. The van der Waals surface area contributed by atoms with Crippen molar-refractivity contribution in [1.82, 2.24) is 5.32 Å². The van der Waals surface area contributed by atoms with E-state index in [0.29, 0.717) is 17.9 Å². The van der Waals surface area contributed by atoms with Gasteiger partial charge in [0.15, 0.2) is 0 Å². The maximum atomic E-state index is 11.1. The van der Waals surface area contributed by atoms with Crippen LogP contribution in [0, 0.1) is 6.07 Å². The van der Waals surface area contributed by atoms with Crippen LogP contribution >= 0.6 is 0 Å². The average Bonchev–Trinajstić information content (AvgIpc) is 2.47. The second-order valence-corrected chi connectivity index (χ2v) is 2.62. The summed E-state index contributed by atoms with van der Waals surface area (Å²) in [6.07, 6.45) is 0. The normalized spacial score (nSPS) is 13.9. The van der Waals surface area contributed by atoms with E-state index in [4.69, 9.17) is 4.74 Å². The summed E-state index contributed by atoms with van der Waals surface area (Å²) in [6, 6.07) is 6.36. The number of carbonyl (C=O) groups is 1. The van der Waals surface area contributed by atoms with Gasteiger partial charge in [-0.1, -0.05) is 0 Å². The van der Waals surface area contributed by atoms with Gasteiger partial charge in [0.1, 0.15) is 5.75 Å². The van der Waals surface area contributed by atoms with Crippen molar-refractivity contribution in [2.24, 2.45) is 0 Å². The lowest BCUT2D eigenvalue weighted by Crippen LogP contribution is -2.12. The van der Waals surface area contributed by atoms with Crippen LogP contribution in [0.4, 0.5) is 0 Å². The first-order valence-electron chi connectivity index (χ1n) is 3.68. The fourth-order valence-corrected chi connectivity index (χ4v) is 1.26. The van der Waals surface area contributed by atoms with Crippen LogP contribution in [0.1, 0.15) is 15.9 Å². The van der Waals surface area contributed by atoms with E-state index in [2.05, 4.69) is 11.4 Å². The summed E-state index contributed by atoms with van der Waals surface area (Å²) in [5, 5.41) is 2.72. The molecule has 0 aliphatic carbocycles. The SMILES string of the molecule is COc1[c]cc2c(c1)CNC2=O. The van der Waals surface area contributed by atoms with Crippen molar-refractivity contribution in [2.45, 2.75) is 6.54 Å². The monoisotopic (exact) mass is 162 g/mol. The Labute approximate surface area is 70.3 Å². The molecule has 1 aromatic carbocycles. The van der Waals surface area contributed by atoms with E-state index in [1.165, 1.54) is 0 Å². The third-order valence-electron chi connectivity index (χ3n) is 1.91. The molecule has 3 nitrogen and oxygen atoms in total. The molecule has 0 aromatic heterocycles. The van der Waals surface area contributed by atoms with Gasteiger partial charge < -0.3 is 10.1 Å². The fourth-order valence-electron chi connectivity index (χ4n) is 1.26. The first kappa shape index (κ1) is 7.16. The number of nitrogens with one attached hydrogen (secondary N) is 1. The van der Waals surface area contributed by atoms with Crippen molar-refractivity contribution in [1.29, 1.82) is 0 Å². The number of rotatable bonds is 1. The Morgan fingerprint density at radius 3 is 3.25 bits per heavy atom. The Kier molecular flexibility index (Phi) is 1.50. The molecule has 0 fully saturated rings. The lowest BCUT2D eigenvalue weighted by molar-refractivity contribution is 0.0966. The summed E-state index contributed by atoms with van der Waals surface area (Å²) in [4.78, 5) is 11.1. The summed E-state index contributed by atoms with van der Waals surface area (Å²) in [5.74, 6) is 0.647. The molecule has 1 N–H and O–H groups in total. The highest BCUT2D eigenvalue weighted by Gasteiger charge is 2.18. The maximum Gasteiger partial charge on any atom is 0.251 e. The van der Waals surface area contributed by atoms with Gasteiger partial charge >= 0.3 is 0 Å². The van der Waals surface area contributed by atoms with Gasteiger partial charge in [0, 0.05) is 18.2 Å². The molecule has 1 amide bonds. The summed E-state index contributed by atoms with van der Waals surface area (Å²) in [5.41, 5.74) is 1.69. The highest BCUT2D eigenvalue weighted by Crippen LogP contribution is 2.20. The highest BCUT2D eigenvalue weighted by atomic mass is 16.5. The minimum atomic E-state index is -0.0242. The molecule has 0 bridgehead atoms. The van der Waals surface area contributed by atoms with Crippen molar-refractivity contribution < 1.29 is 9.53 Å². The zero-order chi connectivity index (χ0) is 8.55. The average molecular weight is 162 g/mol. The van der Waals surface area contributed by atoms with Crippen LogP contribution in [0.2, 0.25) is 0 Å². The van der Waals surface area contributed by atoms with E-state index >= 15 is 0 Å². The van der Waals surface area contributed by atoms with Gasteiger partial charge in [0.05, 0.1) is 7.11 Å². The van der Waals surface area contributed by atoms with Gasteiger partial charge in [-0.25, -0.2) is 0 Å². The fraction of sp³-hybridized carbons (Fsp3) is 0.222. The van der Waals surface area contributed by atoms with Gasteiger partial charge in [0.2, 0.25) is 0 Å². The van der Waals surface area contributed by atoms with Crippen LogP contribution in [-0.4, -0.2) is 13.0 Å². The second-order valence-electron chi connectivity index (χ2n) is 2.62. The molecule has 12 heavy (non-hydrogen) atoms. The number of benzene rings is 1. The first-order chi connectivity index (χ1) is 5.81. The number of amides is 1. The molecule has 0 saturated heterocycles. The molecule has 0 saturated carbocycles. The number of methoxy groups -OCH3 is 1. The van der Waals surface area contributed by atoms with E-state index in [-0.39, 0.29) is 5.91 Å². The molecule has 1 aromatic rings. The molecular formula is C9H8NO2. The molecular weight excluding hydrogens is 154 g/mol. The molecule has 1 heterocycles. The van der Waals surface area contributed by atoms with E-state index in [1.807, 2.05) is 6.07 Å². The number of fused-ring (bicyclic) bond motifs is 1. The van der Waals surface area contributed by atoms with Crippen LogP contribution in [0.15, 0.2) is 12.1 Å². The Morgan fingerprint density at radius 1 is 1.67 bits per heavy atom. The minimum Gasteiger partial charge on any atom is -0.496 e. The standard InChI is InChI=1S/C9H8NO2/c1-12-7-2-3-8-6(4-7)5-10-9(8)11/h3-4H,5H2,1H3,(H,10,11). The van der Waals surface area contributed by atoms with E-state index < -0.39 is 0 Å². The zero-order valence-electron chi connectivity index (χ0n) is 6.68. The predicted octanol–water partition coefficient (Wildman–Crippen LogP) is 0.739. The van der Waals surface area contributed by atoms with E-state index in [0.717, 1.165) is 5.56 Å².